The minimum atomic E-state index is -2.46. The van der Waals surface area contributed by atoms with Crippen molar-refractivity contribution < 1.29 is 27.4 Å². The van der Waals surface area contributed by atoms with E-state index in [0.29, 0.717) is 55.4 Å². The third-order valence-corrected chi connectivity index (χ3v) is 6.76. The third-order valence-electron chi connectivity index (χ3n) is 6.47. The Hall–Kier alpha value is -2.29. The molecule has 9 heteroatoms. The zero-order valence-electron chi connectivity index (χ0n) is 19.9. The summed E-state index contributed by atoms with van der Waals surface area (Å²) < 4.78 is 52.0. The van der Waals surface area contributed by atoms with Gasteiger partial charge in [-0.3, -0.25) is 9.69 Å². The molecule has 190 valence electrons. The number of halogens is 4. The summed E-state index contributed by atoms with van der Waals surface area (Å²) in [5.41, 5.74) is 0.562. The molecule has 0 radical (unpaired) electrons. The number of alkyl halides is 2. The van der Waals surface area contributed by atoms with Crippen molar-refractivity contribution in [2.75, 3.05) is 32.7 Å². The minimum Gasteiger partial charge on any atom is -0.489 e. The Morgan fingerprint density at radius 3 is 2.46 bits per heavy atom. The Labute approximate surface area is 208 Å². The summed E-state index contributed by atoms with van der Waals surface area (Å²) in [6, 6.07) is 11.0. The van der Waals surface area contributed by atoms with E-state index in [2.05, 4.69) is 0 Å². The van der Waals surface area contributed by atoms with Crippen LogP contribution in [0.15, 0.2) is 42.5 Å². The number of amides is 1. The van der Waals surface area contributed by atoms with Crippen molar-refractivity contribution in [3.05, 3.63) is 64.4 Å². The van der Waals surface area contributed by atoms with Crippen molar-refractivity contribution in [3.63, 3.8) is 0 Å². The maximum Gasteiger partial charge on any atom is 0.253 e. The van der Waals surface area contributed by atoms with E-state index in [1.54, 1.807) is 40.1 Å². The molecule has 1 unspecified atom stereocenters. The minimum absolute atomic E-state index is 0.0359. The maximum atomic E-state index is 13.4. The number of carbonyl (C=O) groups is 1. The first-order valence-electron chi connectivity index (χ1n) is 11.8. The average Bonchev–Trinajstić information content (AvgIpc) is 2.80. The molecule has 2 aliphatic heterocycles. The van der Waals surface area contributed by atoms with E-state index in [1.807, 2.05) is 13.8 Å². The summed E-state index contributed by atoms with van der Waals surface area (Å²) >= 11 is 6.31. The number of rotatable bonds is 6. The summed E-state index contributed by atoms with van der Waals surface area (Å²) in [5, 5.41) is 0.374. The highest BCUT2D eigenvalue weighted by molar-refractivity contribution is 6.32. The van der Waals surface area contributed by atoms with Gasteiger partial charge in [0.2, 0.25) is 0 Å². The van der Waals surface area contributed by atoms with Crippen molar-refractivity contribution in [3.8, 4) is 5.75 Å². The first-order valence-corrected chi connectivity index (χ1v) is 12.2. The van der Waals surface area contributed by atoms with E-state index in [4.69, 9.17) is 21.1 Å². The lowest BCUT2D eigenvalue weighted by Crippen LogP contribution is -2.58. The molecule has 0 aliphatic carbocycles. The van der Waals surface area contributed by atoms with E-state index >= 15 is 0 Å². The van der Waals surface area contributed by atoms with Crippen LogP contribution in [-0.2, 0) is 4.74 Å². The number of morpholine rings is 1. The standard InChI is InChI=1S/C26H30ClF3N2O3/c1-17(2)34-22-8-5-19(13-21(22)27)25(33)32-11-9-26(10-12-32)16-31(15-24(29)30)14-23(35-26)18-3-6-20(28)7-4-18/h3-8,13,17,23-24H,9-12,14-16H2,1-2H3. The smallest absolute Gasteiger partial charge is 0.253 e. The van der Waals surface area contributed by atoms with Crippen LogP contribution in [0.25, 0.3) is 0 Å². The number of carbonyl (C=O) groups excluding carboxylic acids is 1. The molecule has 2 heterocycles. The number of piperidine rings is 1. The number of hydrogen-bond acceptors (Lipinski definition) is 4. The van der Waals surface area contributed by atoms with Crippen molar-refractivity contribution in [2.24, 2.45) is 0 Å². The Bertz CT molecular complexity index is 1030. The molecule has 35 heavy (non-hydrogen) atoms. The molecular weight excluding hydrogens is 481 g/mol. The van der Waals surface area contributed by atoms with Gasteiger partial charge in [-0.05, 0) is 62.6 Å². The predicted molar refractivity (Wildman–Crippen MR) is 128 cm³/mol. The fourth-order valence-electron chi connectivity index (χ4n) is 4.83. The Morgan fingerprint density at radius 2 is 1.86 bits per heavy atom. The molecule has 1 amide bonds. The zero-order valence-corrected chi connectivity index (χ0v) is 20.6. The normalized spacial score (nSPS) is 20.6. The van der Waals surface area contributed by atoms with Crippen LogP contribution < -0.4 is 4.74 Å². The van der Waals surface area contributed by atoms with E-state index in [9.17, 15) is 18.0 Å². The van der Waals surface area contributed by atoms with Crippen LogP contribution in [0.4, 0.5) is 13.2 Å². The van der Waals surface area contributed by atoms with Gasteiger partial charge in [-0.2, -0.15) is 0 Å². The molecule has 4 rings (SSSR count). The fraction of sp³-hybridized carbons (Fsp3) is 0.500. The SMILES string of the molecule is CC(C)Oc1ccc(C(=O)N2CCC3(CC2)CN(CC(F)F)CC(c2ccc(F)cc2)O3)cc1Cl. The van der Waals surface area contributed by atoms with Crippen molar-refractivity contribution >= 4 is 17.5 Å². The van der Waals surface area contributed by atoms with Gasteiger partial charge in [0.25, 0.3) is 12.3 Å². The van der Waals surface area contributed by atoms with Crippen molar-refractivity contribution in [1.29, 1.82) is 0 Å². The van der Waals surface area contributed by atoms with Gasteiger partial charge in [-0.15, -0.1) is 0 Å². The summed E-state index contributed by atoms with van der Waals surface area (Å²) in [6.07, 6.45) is -1.92. The number of likely N-dealkylation sites (tertiary alicyclic amines) is 1. The highest BCUT2D eigenvalue weighted by atomic mass is 35.5. The van der Waals surface area contributed by atoms with E-state index in [0.717, 1.165) is 5.56 Å². The topological polar surface area (TPSA) is 42.0 Å². The lowest BCUT2D eigenvalue weighted by atomic mass is 9.87. The van der Waals surface area contributed by atoms with Crippen LogP contribution in [0.3, 0.4) is 0 Å². The molecule has 2 aromatic carbocycles. The number of ether oxygens (including phenoxy) is 2. The molecule has 2 aliphatic rings. The predicted octanol–water partition coefficient (Wildman–Crippen LogP) is 5.58. The summed E-state index contributed by atoms with van der Waals surface area (Å²) in [5.74, 6) is 0.0185. The van der Waals surface area contributed by atoms with E-state index < -0.39 is 18.1 Å². The number of nitrogens with zero attached hydrogens (tertiary/aromatic N) is 2. The molecule has 0 N–H and O–H groups in total. The molecule has 2 saturated heterocycles. The van der Waals surface area contributed by atoms with Gasteiger partial charge in [0.05, 0.1) is 29.4 Å². The molecule has 1 atom stereocenters. The number of benzene rings is 2. The lowest BCUT2D eigenvalue weighted by molar-refractivity contribution is -0.180. The first kappa shape index (κ1) is 25.8. The molecule has 0 bridgehead atoms. The van der Waals surface area contributed by atoms with Gasteiger partial charge in [0.1, 0.15) is 11.6 Å². The van der Waals surface area contributed by atoms with E-state index in [-0.39, 0.29) is 24.4 Å². The van der Waals surface area contributed by atoms with Crippen LogP contribution in [0.5, 0.6) is 5.75 Å². The quantitative estimate of drug-likeness (QED) is 0.509. The van der Waals surface area contributed by atoms with Crippen LogP contribution in [0.1, 0.15) is 48.7 Å². The second-order valence-electron chi connectivity index (χ2n) is 9.53. The lowest BCUT2D eigenvalue weighted by Gasteiger charge is -2.50. The molecular formula is C26H30ClF3N2O3. The van der Waals surface area contributed by atoms with Crippen LogP contribution in [-0.4, -0.2) is 66.6 Å². The largest absolute Gasteiger partial charge is 0.489 e. The van der Waals surface area contributed by atoms with Gasteiger partial charge < -0.3 is 14.4 Å². The van der Waals surface area contributed by atoms with Crippen LogP contribution in [0, 0.1) is 5.82 Å². The van der Waals surface area contributed by atoms with Gasteiger partial charge in [0, 0.05) is 31.7 Å². The first-order chi connectivity index (χ1) is 16.6. The van der Waals surface area contributed by atoms with Crippen molar-refractivity contribution in [1.82, 2.24) is 9.80 Å². The monoisotopic (exact) mass is 510 g/mol. The maximum absolute atomic E-state index is 13.4. The van der Waals surface area contributed by atoms with Crippen LogP contribution in [0.2, 0.25) is 5.02 Å². The highest BCUT2D eigenvalue weighted by Gasteiger charge is 2.44. The van der Waals surface area contributed by atoms with Crippen molar-refractivity contribution in [2.45, 2.75) is 50.9 Å². The Kier molecular flexibility index (Phi) is 7.93. The number of hydrogen-bond donors (Lipinski definition) is 0. The Morgan fingerprint density at radius 1 is 1.17 bits per heavy atom. The van der Waals surface area contributed by atoms with E-state index in [1.165, 1.54) is 12.1 Å². The molecule has 0 saturated carbocycles. The summed E-state index contributed by atoms with van der Waals surface area (Å²) in [6.45, 7) is 4.98. The second-order valence-corrected chi connectivity index (χ2v) is 9.94. The fourth-order valence-corrected chi connectivity index (χ4v) is 5.05. The molecule has 2 fully saturated rings. The third kappa shape index (κ3) is 6.29. The molecule has 1 spiro atoms. The Balaban J connectivity index is 1.46. The van der Waals surface area contributed by atoms with Gasteiger partial charge in [-0.25, -0.2) is 13.2 Å². The van der Waals surface area contributed by atoms with Gasteiger partial charge in [-0.1, -0.05) is 23.7 Å². The van der Waals surface area contributed by atoms with Gasteiger partial charge >= 0.3 is 0 Å². The summed E-state index contributed by atoms with van der Waals surface area (Å²) in [7, 11) is 0. The zero-order chi connectivity index (χ0) is 25.2. The second kappa shape index (κ2) is 10.8. The molecule has 2 aromatic rings. The van der Waals surface area contributed by atoms with Crippen LogP contribution >= 0.6 is 11.6 Å². The average molecular weight is 511 g/mol. The molecule has 5 nitrogen and oxygen atoms in total. The summed E-state index contributed by atoms with van der Waals surface area (Å²) in [4.78, 5) is 16.6. The molecule has 0 aromatic heterocycles. The van der Waals surface area contributed by atoms with Gasteiger partial charge in [0.15, 0.2) is 0 Å². The highest BCUT2D eigenvalue weighted by Crippen LogP contribution is 2.38.